The van der Waals surface area contributed by atoms with Crippen LogP contribution in [0.4, 0.5) is 5.69 Å². The molecule has 0 saturated carbocycles. The van der Waals surface area contributed by atoms with E-state index in [9.17, 15) is 18.0 Å². The van der Waals surface area contributed by atoms with Gasteiger partial charge in [-0.2, -0.15) is 0 Å². The molecule has 0 bridgehead atoms. The Labute approximate surface area is 246 Å². The average molecular weight is 629 g/mol. The van der Waals surface area contributed by atoms with Gasteiger partial charge in [-0.15, -0.1) is 0 Å². The molecule has 0 aromatic heterocycles. The van der Waals surface area contributed by atoms with Crippen molar-refractivity contribution in [3.8, 4) is 0 Å². The van der Waals surface area contributed by atoms with E-state index in [0.29, 0.717) is 5.69 Å². The summed E-state index contributed by atoms with van der Waals surface area (Å²) in [6.07, 6.45) is 1.36. The molecule has 214 valence electrons. The Kier molecular flexibility index (Phi) is 10.2. The second-order valence-corrected chi connectivity index (χ2v) is 14.0. The van der Waals surface area contributed by atoms with E-state index in [0.717, 1.165) is 37.3 Å². The molecule has 0 aliphatic carbocycles. The average Bonchev–Trinajstić information content (AvgIpc) is 2.86. The molecule has 0 spiro atoms. The van der Waals surface area contributed by atoms with Gasteiger partial charge in [0.05, 0.1) is 11.9 Å². The summed E-state index contributed by atoms with van der Waals surface area (Å²) < 4.78 is 27.9. The lowest BCUT2D eigenvalue weighted by Gasteiger charge is -2.35. The standard InChI is InChI=1S/C31H38BrN3O4S/c1-22-12-17-27(18-23(22)2)35(40(6,38)39)21-29(36)34(20-25-13-15-26(32)16-14-25)28(30(37)33-31(3,4)5)19-24-10-8-7-9-11-24/h7-18,28H,19-21H2,1-6H3,(H,33,37). The molecule has 3 aromatic rings. The second-order valence-electron chi connectivity index (χ2n) is 11.1. The first-order valence-corrected chi connectivity index (χ1v) is 15.7. The maximum atomic E-state index is 14.1. The smallest absolute Gasteiger partial charge is 0.244 e. The highest BCUT2D eigenvalue weighted by Gasteiger charge is 2.34. The summed E-state index contributed by atoms with van der Waals surface area (Å²) in [5.74, 6) is -0.782. The van der Waals surface area contributed by atoms with Gasteiger partial charge in [0.2, 0.25) is 21.8 Å². The Morgan fingerprint density at radius 3 is 2.08 bits per heavy atom. The minimum Gasteiger partial charge on any atom is -0.350 e. The van der Waals surface area contributed by atoms with Crippen LogP contribution in [0.1, 0.15) is 43.0 Å². The molecular formula is C31H38BrN3O4S. The molecule has 0 aliphatic rings. The molecule has 1 atom stereocenters. The van der Waals surface area contributed by atoms with Crippen LogP contribution in [0, 0.1) is 13.8 Å². The van der Waals surface area contributed by atoms with Crippen LogP contribution in [0.2, 0.25) is 0 Å². The molecule has 0 aliphatic heterocycles. The number of carbonyl (C=O) groups is 2. The summed E-state index contributed by atoms with van der Waals surface area (Å²) in [4.78, 5) is 29.4. The molecule has 2 amide bonds. The zero-order valence-electron chi connectivity index (χ0n) is 23.9. The van der Waals surface area contributed by atoms with Crippen molar-refractivity contribution >= 4 is 43.5 Å². The number of rotatable bonds is 10. The zero-order chi connectivity index (χ0) is 29.7. The van der Waals surface area contributed by atoms with Gasteiger partial charge in [0.25, 0.3) is 0 Å². The molecule has 0 radical (unpaired) electrons. The number of halogens is 1. The predicted molar refractivity (Wildman–Crippen MR) is 165 cm³/mol. The first kappa shape index (κ1) is 31.4. The molecule has 0 saturated heterocycles. The molecular weight excluding hydrogens is 590 g/mol. The summed E-state index contributed by atoms with van der Waals surface area (Å²) in [5.41, 5.74) is 3.51. The summed E-state index contributed by atoms with van der Waals surface area (Å²) in [6.45, 7) is 9.19. The van der Waals surface area contributed by atoms with Crippen LogP contribution in [0.3, 0.4) is 0 Å². The summed E-state index contributed by atoms with van der Waals surface area (Å²) >= 11 is 3.44. The van der Waals surface area contributed by atoms with E-state index in [1.807, 2.05) is 95.3 Å². The number of amides is 2. The number of carbonyl (C=O) groups excluding carboxylic acids is 2. The summed E-state index contributed by atoms with van der Waals surface area (Å²) in [6, 6.07) is 21.4. The van der Waals surface area contributed by atoms with Gasteiger partial charge in [0.1, 0.15) is 12.6 Å². The van der Waals surface area contributed by atoms with E-state index in [1.54, 1.807) is 12.1 Å². The maximum absolute atomic E-state index is 14.1. The van der Waals surface area contributed by atoms with Gasteiger partial charge in [-0.25, -0.2) is 8.42 Å². The van der Waals surface area contributed by atoms with Crippen LogP contribution >= 0.6 is 15.9 Å². The molecule has 0 heterocycles. The van der Waals surface area contributed by atoms with E-state index in [-0.39, 0.29) is 18.9 Å². The number of anilines is 1. The van der Waals surface area contributed by atoms with Crippen LogP contribution in [0.25, 0.3) is 0 Å². The lowest BCUT2D eigenvalue weighted by molar-refractivity contribution is -0.140. The molecule has 9 heteroatoms. The third-order valence-electron chi connectivity index (χ3n) is 6.49. The molecule has 0 fully saturated rings. The Balaban J connectivity index is 2.08. The van der Waals surface area contributed by atoms with Crippen LogP contribution in [-0.4, -0.2) is 49.5 Å². The number of sulfonamides is 1. The van der Waals surface area contributed by atoms with Gasteiger partial charge in [0, 0.05) is 23.0 Å². The van der Waals surface area contributed by atoms with Crippen LogP contribution in [0.15, 0.2) is 77.3 Å². The fourth-order valence-corrected chi connectivity index (χ4v) is 5.39. The highest BCUT2D eigenvalue weighted by Crippen LogP contribution is 2.23. The highest BCUT2D eigenvalue weighted by atomic mass is 79.9. The lowest BCUT2D eigenvalue weighted by Crippen LogP contribution is -2.56. The van der Waals surface area contributed by atoms with E-state index in [1.165, 1.54) is 4.90 Å². The first-order valence-electron chi connectivity index (χ1n) is 13.1. The Morgan fingerprint density at radius 2 is 1.52 bits per heavy atom. The van der Waals surface area contributed by atoms with Crippen LogP contribution < -0.4 is 9.62 Å². The van der Waals surface area contributed by atoms with E-state index < -0.39 is 34.1 Å². The van der Waals surface area contributed by atoms with Crippen LogP contribution in [-0.2, 0) is 32.6 Å². The summed E-state index contributed by atoms with van der Waals surface area (Å²) in [7, 11) is -3.81. The number of hydrogen-bond acceptors (Lipinski definition) is 4. The quantitative estimate of drug-likeness (QED) is 0.327. The minimum absolute atomic E-state index is 0.131. The van der Waals surface area contributed by atoms with E-state index >= 15 is 0 Å². The normalized spacial score (nSPS) is 12.5. The molecule has 3 aromatic carbocycles. The Morgan fingerprint density at radius 1 is 0.900 bits per heavy atom. The third kappa shape index (κ3) is 8.93. The van der Waals surface area contributed by atoms with Crippen molar-refractivity contribution in [2.45, 2.75) is 59.2 Å². The van der Waals surface area contributed by atoms with Gasteiger partial charge >= 0.3 is 0 Å². The molecule has 1 N–H and O–H groups in total. The van der Waals surface area contributed by atoms with Crippen molar-refractivity contribution in [2.24, 2.45) is 0 Å². The van der Waals surface area contributed by atoms with Gasteiger partial charge in [-0.1, -0.05) is 64.5 Å². The lowest BCUT2D eigenvalue weighted by atomic mass is 10.0. The SMILES string of the molecule is Cc1ccc(N(CC(=O)N(Cc2ccc(Br)cc2)C(Cc2ccccc2)C(=O)NC(C)(C)C)S(C)(=O)=O)cc1C. The fraction of sp³-hybridized carbons (Fsp3) is 0.355. The van der Waals surface area contributed by atoms with Crippen molar-refractivity contribution in [1.82, 2.24) is 10.2 Å². The van der Waals surface area contributed by atoms with E-state index in [4.69, 9.17) is 0 Å². The van der Waals surface area contributed by atoms with E-state index in [2.05, 4.69) is 21.2 Å². The molecule has 1 unspecified atom stereocenters. The van der Waals surface area contributed by atoms with Gasteiger partial charge < -0.3 is 10.2 Å². The number of hydrogen-bond donors (Lipinski definition) is 1. The monoisotopic (exact) mass is 627 g/mol. The van der Waals surface area contributed by atoms with Crippen molar-refractivity contribution in [3.63, 3.8) is 0 Å². The number of benzene rings is 3. The predicted octanol–water partition coefficient (Wildman–Crippen LogP) is 5.39. The van der Waals surface area contributed by atoms with Crippen LogP contribution in [0.5, 0.6) is 0 Å². The molecule has 3 rings (SSSR count). The molecule has 40 heavy (non-hydrogen) atoms. The van der Waals surface area contributed by atoms with Crippen molar-refractivity contribution in [2.75, 3.05) is 17.1 Å². The zero-order valence-corrected chi connectivity index (χ0v) is 26.3. The van der Waals surface area contributed by atoms with Gasteiger partial charge in [-0.3, -0.25) is 13.9 Å². The van der Waals surface area contributed by atoms with Crippen molar-refractivity contribution in [3.05, 3.63) is 99.5 Å². The Hall–Kier alpha value is -3.17. The van der Waals surface area contributed by atoms with Gasteiger partial charge in [0.15, 0.2) is 0 Å². The first-order chi connectivity index (χ1) is 18.6. The third-order valence-corrected chi connectivity index (χ3v) is 8.16. The largest absolute Gasteiger partial charge is 0.350 e. The highest BCUT2D eigenvalue weighted by molar-refractivity contribution is 9.10. The fourth-order valence-electron chi connectivity index (χ4n) is 4.29. The number of nitrogens with zero attached hydrogens (tertiary/aromatic N) is 2. The molecule has 7 nitrogen and oxygen atoms in total. The van der Waals surface area contributed by atoms with Gasteiger partial charge in [-0.05, 0) is 81.1 Å². The summed E-state index contributed by atoms with van der Waals surface area (Å²) in [5, 5.41) is 3.03. The topological polar surface area (TPSA) is 86.8 Å². The number of nitrogens with one attached hydrogen (secondary N) is 1. The van der Waals surface area contributed by atoms with Crippen molar-refractivity contribution in [1.29, 1.82) is 0 Å². The maximum Gasteiger partial charge on any atom is 0.244 e. The Bertz CT molecular complexity index is 1440. The second kappa shape index (κ2) is 13.0. The number of aryl methyl sites for hydroxylation is 2. The minimum atomic E-state index is -3.81. The van der Waals surface area contributed by atoms with Crippen molar-refractivity contribution < 1.29 is 18.0 Å².